The molecule has 2 aromatic carbocycles. The van der Waals surface area contributed by atoms with Crippen LogP contribution in [-0.4, -0.2) is 18.6 Å². The summed E-state index contributed by atoms with van der Waals surface area (Å²) >= 11 is 0. The average Bonchev–Trinajstić information content (AvgIpc) is 2.59. The summed E-state index contributed by atoms with van der Waals surface area (Å²) in [7, 11) is 1.63. The fourth-order valence-corrected chi connectivity index (χ4v) is 3.16. The van der Waals surface area contributed by atoms with Crippen LogP contribution in [0.4, 0.5) is 0 Å². The highest BCUT2D eigenvalue weighted by Crippen LogP contribution is 2.41. The van der Waals surface area contributed by atoms with Gasteiger partial charge in [-0.15, -0.1) is 0 Å². The van der Waals surface area contributed by atoms with Crippen LogP contribution >= 0.6 is 0 Å². The van der Waals surface area contributed by atoms with Crippen molar-refractivity contribution in [2.75, 3.05) is 7.11 Å². The van der Waals surface area contributed by atoms with Gasteiger partial charge in [-0.1, -0.05) is 29.8 Å². The molecule has 3 rings (SSSR count). The van der Waals surface area contributed by atoms with Gasteiger partial charge in [-0.25, -0.2) is 0 Å². The molecule has 2 aromatic rings. The topological polar surface area (TPSA) is 47.6 Å². The molecule has 0 radical (unpaired) electrons. The van der Waals surface area contributed by atoms with Crippen molar-refractivity contribution < 1.29 is 14.3 Å². The van der Waals surface area contributed by atoms with Gasteiger partial charge in [-0.3, -0.25) is 4.79 Å². The molecule has 26 heavy (non-hydrogen) atoms. The van der Waals surface area contributed by atoms with Crippen LogP contribution < -0.4 is 14.8 Å². The molecule has 1 aliphatic rings. The Morgan fingerprint density at radius 3 is 2.65 bits per heavy atom. The standard InChI is InChI=1S/C22H25NO3/c1-15-5-7-16(8-6-15)9-12-21(24)23-19-14-22(2,3)26-20-13-17(25-4)10-11-18(19)20/h5-13,19H,14H2,1-4H3,(H,23,24)/b12-9+/t19-/m1/s1. The third-order valence-electron chi connectivity index (χ3n) is 4.50. The molecule has 0 aliphatic carbocycles. The van der Waals surface area contributed by atoms with Crippen molar-refractivity contribution >= 4 is 12.0 Å². The maximum atomic E-state index is 12.4. The van der Waals surface area contributed by atoms with Crippen molar-refractivity contribution in [2.24, 2.45) is 0 Å². The number of benzene rings is 2. The Labute approximate surface area is 154 Å². The van der Waals surface area contributed by atoms with Crippen molar-refractivity contribution in [3.05, 3.63) is 65.2 Å². The van der Waals surface area contributed by atoms with Gasteiger partial charge >= 0.3 is 0 Å². The first kappa shape index (κ1) is 18.1. The SMILES string of the molecule is COc1ccc2c(c1)OC(C)(C)C[C@H]2NC(=O)/C=C/c1ccc(C)cc1. The first-order valence-electron chi connectivity index (χ1n) is 8.78. The van der Waals surface area contributed by atoms with Gasteiger partial charge in [-0.05, 0) is 44.5 Å². The molecule has 1 N–H and O–H groups in total. The maximum Gasteiger partial charge on any atom is 0.244 e. The molecule has 1 atom stereocenters. The van der Waals surface area contributed by atoms with Crippen LogP contribution in [0.2, 0.25) is 0 Å². The average molecular weight is 351 g/mol. The van der Waals surface area contributed by atoms with Crippen LogP contribution in [0, 0.1) is 6.92 Å². The highest BCUT2D eigenvalue weighted by molar-refractivity contribution is 5.92. The Hall–Kier alpha value is -2.75. The Kier molecular flexibility index (Phi) is 5.03. The van der Waals surface area contributed by atoms with E-state index < -0.39 is 0 Å². The van der Waals surface area contributed by atoms with E-state index in [4.69, 9.17) is 9.47 Å². The van der Waals surface area contributed by atoms with Gasteiger partial charge in [0.05, 0.1) is 13.2 Å². The third kappa shape index (κ3) is 4.26. The molecule has 1 aliphatic heterocycles. The van der Waals surface area contributed by atoms with Gasteiger partial charge in [0, 0.05) is 24.1 Å². The number of aryl methyl sites for hydroxylation is 1. The largest absolute Gasteiger partial charge is 0.497 e. The monoisotopic (exact) mass is 351 g/mol. The normalized spacial score (nSPS) is 18.1. The zero-order chi connectivity index (χ0) is 18.7. The van der Waals surface area contributed by atoms with E-state index in [-0.39, 0.29) is 17.6 Å². The second-order valence-electron chi connectivity index (χ2n) is 7.27. The molecule has 0 aromatic heterocycles. The maximum absolute atomic E-state index is 12.4. The first-order chi connectivity index (χ1) is 12.4. The molecule has 0 spiro atoms. The molecule has 136 valence electrons. The summed E-state index contributed by atoms with van der Waals surface area (Å²) in [5, 5.41) is 3.10. The quantitative estimate of drug-likeness (QED) is 0.829. The van der Waals surface area contributed by atoms with Gasteiger partial charge < -0.3 is 14.8 Å². The number of nitrogens with one attached hydrogen (secondary N) is 1. The van der Waals surface area contributed by atoms with E-state index in [0.717, 1.165) is 22.6 Å². The number of amides is 1. The highest BCUT2D eigenvalue weighted by Gasteiger charge is 2.34. The predicted octanol–water partition coefficient (Wildman–Crippen LogP) is 4.44. The van der Waals surface area contributed by atoms with Gasteiger partial charge in [0.2, 0.25) is 5.91 Å². The number of fused-ring (bicyclic) bond motifs is 1. The second-order valence-corrected chi connectivity index (χ2v) is 7.27. The van der Waals surface area contributed by atoms with E-state index in [2.05, 4.69) is 5.32 Å². The van der Waals surface area contributed by atoms with E-state index in [0.29, 0.717) is 6.42 Å². The number of carbonyl (C=O) groups is 1. The van der Waals surface area contributed by atoms with Crippen LogP contribution in [0.1, 0.15) is 43.0 Å². The van der Waals surface area contributed by atoms with Crippen LogP contribution in [0.25, 0.3) is 6.08 Å². The number of ether oxygens (including phenoxy) is 2. The van der Waals surface area contributed by atoms with Crippen molar-refractivity contribution in [3.8, 4) is 11.5 Å². The molecule has 0 unspecified atom stereocenters. The van der Waals surface area contributed by atoms with E-state index in [9.17, 15) is 4.79 Å². The lowest BCUT2D eigenvalue weighted by molar-refractivity contribution is -0.117. The summed E-state index contributed by atoms with van der Waals surface area (Å²) in [5.41, 5.74) is 2.81. The van der Waals surface area contributed by atoms with Crippen LogP contribution in [0.15, 0.2) is 48.5 Å². The molecular weight excluding hydrogens is 326 g/mol. The highest BCUT2D eigenvalue weighted by atomic mass is 16.5. The molecule has 4 nitrogen and oxygen atoms in total. The number of carbonyl (C=O) groups excluding carboxylic acids is 1. The molecule has 0 fully saturated rings. The zero-order valence-electron chi connectivity index (χ0n) is 15.7. The summed E-state index contributed by atoms with van der Waals surface area (Å²) < 4.78 is 11.3. The minimum Gasteiger partial charge on any atom is -0.497 e. The second kappa shape index (κ2) is 7.24. The molecular formula is C22H25NO3. The molecule has 4 heteroatoms. The van der Waals surface area contributed by atoms with E-state index >= 15 is 0 Å². The van der Waals surface area contributed by atoms with Crippen LogP contribution in [-0.2, 0) is 4.79 Å². The van der Waals surface area contributed by atoms with Gasteiger partial charge in [0.15, 0.2) is 0 Å². The molecule has 0 saturated carbocycles. The molecule has 1 heterocycles. The zero-order valence-corrected chi connectivity index (χ0v) is 15.7. The lowest BCUT2D eigenvalue weighted by atomic mass is 9.89. The van der Waals surface area contributed by atoms with Crippen molar-refractivity contribution in [1.82, 2.24) is 5.32 Å². The molecule has 0 saturated heterocycles. The lowest BCUT2D eigenvalue weighted by Gasteiger charge is -2.37. The molecule has 0 bridgehead atoms. The van der Waals surface area contributed by atoms with Gasteiger partial charge in [0.1, 0.15) is 17.1 Å². The van der Waals surface area contributed by atoms with E-state index in [1.807, 2.05) is 69.3 Å². The molecule has 1 amide bonds. The summed E-state index contributed by atoms with van der Waals surface area (Å²) in [6, 6.07) is 13.7. The number of methoxy groups -OCH3 is 1. The summed E-state index contributed by atoms with van der Waals surface area (Å²) in [6.07, 6.45) is 4.11. The lowest BCUT2D eigenvalue weighted by Crippen LogP contribution is -2.40. The minimum atomic E-state index is -0.363. The van der Waals surface area contributed by atoms with Crippen molar-refractivity contribution in [2.45, 2.75) is 38.8 Å². The summed E-state index contributed by atoms with van der Waals surface area (Å²) in [5.74, 6) is 1.38. The van der Waals surface area contributed by atoms with Gasteiger partial charge in [0.25, 0.3) is 0 Å². The Morgan fingerprint density at radius 1 is 1.23 bits per heavy atom. The van der Waals surface area contributed by atoms with E-state index in [1.165, 1.54) is 5.56 Å². The van der Waals surface area contributed by atoms with Crippen molar-refractivity contribution in [1.29, 1.82) is 0 Å². The number of hydrogen-bond acceptors (Lipinski definition) is 3. The smallest absolute Gasteiger partial charge is 0.244 e. The van der Waals surface area contributed by atoms with Crippen LogP contribution in [0.3, 0.4) is 0 Å². The minimum absolute atomic E-state index is 0.102. The first-order valence-corrected chi connectivity index (χ1v) is 8.78. The Morgan fingerprint density at radius 2 is 1.96 bits per heavy atom. The van der Waals surface area contributed by atoms with Crippen LogP contribution in [0.5, 0.6) is 11.5 Å². The summed E-state index contributed by atoms with van der Waals surface area (Å²) in [4.78, 5) is 12.4. The number of rotatable bonds is 4. The summed E-state index contributed by atoms with van der Waals surface area (Å²) in [6.45, 7) is 6.09. The van der Waals surface area contributed by atoms with Gasteiger partial charge in [-0.2, -0.15) is 0 Å². The fourth-order valence-electron chi connectivity index (χ4n) is 3.16. The Bertz CT molecular complexity index is 822. The predicted molar refractivity (Wildman–Crippen MR) is 103 cm³/mol. The van der Waals surface area contributed by atoms with E-state index in [1.54, 1.807) is 13.2 Å². The Balaban J connectivity index is 1.76. The fraction of sp³-hybridized carbons (Fsp3) is 0.318. The third-order valence-corrected chi connectivity index (χ3v) is 4.50. The number of hydrogen-bond donors (Lipinski definition) is 1. The van der Waals surface area contributed by atoms with Crippen molar-refractivity contribution in [3.63, 3.8) is 0 Å².